The minimum absolute atomic E-state index is 0.0307. The molecule has 4 rings (SSSR count). The lowest BCUT2D eigenvalue weighted by Gasteiger charge is -2.32. The molecule has 11 nitrogen and oxygen atoms in total. The lowest BCUT2D eigenvalue weighted by molar-refractivity contribution is -0.385. The second-order valence-electron chi connectivity index (χ2n) is 8.62. The summed E-state index contributed by atoms with van der Waals surface area (Å²) in [6.07, 6.45) is 5.47. The third-order valence-electron chi connectivity index (χ3n) is 6.75. The summed E-state index contributed by atoms with van der Waals surface area (Å²) < 4.78 is 13.6. The van der Waals surface area contributed by atoms with E-state index in [0.29, 0.717) is 25.9 Å². The molecule has 2 aliphatic rings. The van der Waals surface area contributed by atoms with Crippen LogP contribution in [0.5, 0.6) is 11.5 Å². The molecule has 1 aliphatic heterocycles. The first-order valence-corrected chi connectivity index (χ1v) is 11.2. The number of methoxy groups -OCH3 is 2. The highest BCUT2D eigenvalue weighted by molar-refractivity contribution is 5.99. The predicted octanol–water partition coefficient (Wildman–Crippen LogP) is 2.64. The molecule has 2 heterocycles. The number of nitro benzene ring substituents is 1. The standard InChI is InChI=1S/C22H29N5O6/c1-24-22(29)26(15-6-4-5-7-15)20(23-24)14-8-10-25(11-9-14)21(28)16-12-18(32-2)19(33-3)13-17(16)27(30)31/h12-15H,4-11H2,1-3H3. The summed E-state index contributed by atoms with van der Waals surface area (Å²) in [6.45, 7) is 0.842. The summed E-state index contributed by atoms with van der Waals surface area (Å²) >= 11 is 0. The van der Waals surface area contributed by atoms with Gasteiger partial charge in [0.15, 0.2) is 11.5 Å². The highest BCUT2D eigenvalue weighted by Crippen LogP contribution is 2.37. The van der Waals surface area contributed by atoms with Gasteiger partial charge in [0.05, 0.1) is 25.2 Å². The Bertz CT molecular complexity index is 1110. The van der Waals surface area contributed by atoms with Crippen LogP contribution >= 0.6 is 0 Å². The number of benzene rings is 1. The number of amides is 1. The van der Waals surface area contributed by atoms with Crippen LogP contribution in [0.4, 0.5) is 5.69 Å². The molecule has 1 saturated heterocycles. The van der Waals surface area contributed by atoms with Crippen molar-refractivity contribution >= 4 is 11.6 Å². The van der Waals surface area contributed by atoms with Gasteiger partial charge < -0.3 is 14.4 Å². The fraction of sp³-hybridized carbons (Fsp3) is 0.591. The van der Waals surface area contributed by atoms with Gasteiger partial charge in [-0.05, 0) is 25.7 Å². The van der Waals surface area contributed by atoms with Crippen LogP contribution in [0.15, 0.2) is 16.9 Å². The molecule has 0 unspecified atom stereocenters. The second kappa shape index (κ2) is 9.24. The quantitative estimate of drug-likeness (QED) is 0.481. The minimum atomic E-state index is -0.587. The van der Waals surface area contributed by atoms with Crippen LogP contribution in [0.2, 0.25) is 0 Å². The van der Waals surface area contributed by atoms with E-state index in [9.17, 15) is 19.7 Å². The van der Waals surface area contributed by atoms with Gasteiger partial charge in [-0.25, -0.2) is 9.48 Å². The Labute approximate surface area is 191 Å². The van der Waals surface area contributed by atoms with Crippen LogP contribution in [-0.4, -0.2) is 57.4 Å². The molecular weight excluding hydrogens is 430 g/mol. The lowest BCUT2D eigenvalue weighted by atomic mass is 9.94. The fourth-order valence-corrected chi connectivity index (χ4v) is 4.98. The first kappa shape index (κ1) is 22.8. The van der Waals surface area contributed by atoms with Gasteiger partial charge >= 0.3 is 5.69 Å². The number of rotatable bonds is 6. The van der Waals surface area contributed by atoms with Crippen molar-refractivity contribution in [2.45, 2.75) is 50.5 Å². The number of hydrogen-bond donors (Lipinski definition) is 0. The van der Waals surface area contributed by atoms with Crippen LogP contribution in [-0.2, 0) is 7.05 Å². The number of carbonyl (C=O) groups excluding carboxylic acids is 1. The summed E-state index contributed by atoms with van der Waals surface area (Å²) in [5.41, 5.74) is -0.437. The summed E-state index contributed by atoms with van der Waals surface area (Å²) in [6, 6.07) is 2.77. The molecule has 2 fully saturated rings. The van der Waals surface area contributed by atoms with Crippen molar-refractivity contribution in [2.24, 2.45) is 7.05 Å². The molecule has 1 aromatic heterocycles. The predicted molar refractivity (Wildman–Crippen MR) is 119 cm³/mol. The van der Waals surface area contributed by atoms with Gasteiger partial charge in [0.1, 0.15) is 11.4 Å². The van der Waals surface area contributed by atoms with Crippen molar-refractivity contribution in [3.05, 3.63) is 44.1 Å². The van der Waals surface area contributed by atoms with Gasteiger partial charge in [-0.1, -0.05) is 12.8 Å². The average Bonchev–Trinajstić information content (AvgIpc) is 3.45. The van der Waals surface area contributed by atoms with Crippen LogP contribution in [0.3, 0.4) is 0 Å². The van der Waals surface area contributed by atoms with Crippen molar-refractivity contribution in [3.63, 3.8) is 0 Å². The van der Waals surface area contributed by atoms with E-state index >= 15 is 0 Å². The van der Waals surface area contributed by atoms with Gasteiger partial charge in [-0.2, -0.15) is 5.10 Å². The smallest absolute Gasteiger partial charge is 0.345 e. The van der Waals surface area contributed by atoms with Crippen molar-refractivity contribution in [2.75, 3.05) is 27.3 Å². The summed E-state index contributed by atoms with van der Waals surface area (Å²) in [7, 11) is 4.48. The molecule has 0 spiro atoms. The van der Waals surface area contributed by atoms with Crippen LogP contribution < -0.4 is 15.2 Å². The third-order valence-corrected chi connectivity index (χ3v) is 6.75. The highest BCUT2D eigenvalue weighted by atomic mass is 16.6. The number of piperidine rings is 1. The zero-order chi connectivity index (χ0) is 23.7. The van der Waals surface area contributed by atoms with Gasteiger partial charge in [0.25, 0.3) is 11.6 Å². The zero-order valence-corrected chi connectivity index (χ0v) is 19.2. The maximum absolute atomic E-state index is 13.2. The molecular formula is C22H29N5O6. The van der Waals surface area contributed by atoms with Crippen molar-refractivity contribution in [1.82, 2.24) is 19.2 Å². The largest absolute Gasteiger partial charge is 0.493 e. The normalized spacial score (nSPS) is 17.4. The molecule has 0 bridgehead atoms. The van der Waals surface area contributed by atoms with Crippen molar-refractivity contribution in [3.8, 4) is 11.5 Å². The molecule has 2 aromatic rings. The number of ether oxygens (including phenoxy) is 2. The molecule has 11 heteroatoms. The molecule has 0 atom stereocenters. The maximum atomic E-state index is 13.2. The number of nitro groups is 1. The Kier molecular flexibility index (Phi) is 6.39. The molecule has 178 valence electrons. The topological polar surface area (TPSA) is 122 Å². The molecule has 33 heavy (non-hydrogen) atoms. The number of carbonyl (C=O) groups is 1. The van der Waals surface area contributed by atoms with E-state index in [1.54, 1.807) is 11.9 Å². The number of likely N-dealkylation sites (tertiary alicyclic amines) is 1. The van der Waals surface area contributed by atoms with E-state index in [0.717, 1.165) is 31.5 Å². The molecule has 1 aliphatic carbocycles. The number of nitrogens with zero attached hydrogens (tertiary/aromatic N) is 5. The van der Waals surface area contributed by atoms with E-state index in [1.807, 2.05) is 4.57 Å². The number of aromatic nitrogens is 3. The Morgan fingerprint density at radius 1 is 1.09 bits per heavy atom. The first-order valence-electron chi connectivity index (χ1n) is 11.2. The van der Waals surface area contributed by atoms with Crippen LogP contribution in [0, 0.1) is 10.1 Å². The van der Waals surface area contributed by atoms with Gasteiger partial charge in [0, 0.05) is 38.2 Å². The molecule has 1 saturated carbocycles. The van der Waals surface area contributed by atoms with E-state index in [2.05, 4.69) is 5.10 Å². The monoisotopic (exact) mass is 459 g/mol. The average molecular weight is 460 g/mol. The van der Waals surface area contributed by atoms with Gasteiger partial charge in [-0.15, -0.1) is 0 Å². The second-order valence-corrected chi connectivity index (χ2v) is 8.62. The SMILES string of the molecule is COc1cc(C(=O)N2CCC(c3nn(C)c(=O)n3C3CCCC3)CC2)c([N+](=O)[O-])cc1OC. The van der Waals surface area contributed by atoms with Crippen LogP contribution in [0.1, 0.15) is 66.7 Å². The molecule has 0 N–H and O–H groups in total. The number of aryl methyl sites for hydroxylation is 1. The van der Waals surface area contributed by atoms with E-state index in [1.165, 1.54) is 31.0 Å². The Morgan fingerprint density at radius 2 is 1.70 bits per heavy atom. The Balaban J connectivity index is 1.55. The summed E-state index contributed by atoms with van der Waals surface area (Å²) in [5, 5.41) is 16.1. The van der Waals surface area contributed by atoms with Crippen molar-refractivity contribution in [1.29, 1.82) is 0 Å². The summed E-state index contributed by atoms with van der Waals surface area (Å²) in [5.74, 6) is 0.882. The number of hydrogen-bond acceptors (Lipinski definition) is 7. The molecule has 1 aromatic carbocycles. The summed E-state index contributed by atoms with van der Waals surface area (Å²) in [4.78, 5) is 38.6. The molecule has 0 radical (unpaired) electrons. The van der Waals surface area contributed by atoms with E-state index in [4.69, 9.17) is 9.47 Å². The van der Waals surface area contributed by atoms with Gasteiger partial charge in [0.2, 0.25) is 0 Å². The Hall–Kier alpha value is -3.37. The Morgan fingerprint density at radius 3 is 2.27 bits per heavy atom. The van der Waals surface area contributed by atoms with Crippen molar-refractivity contribution < 1.29 is 19.2 Å². The lowest BCUT2D eigenvalue weighted by Crippen LogP contribution is -2.39. The van der Waals surface area contributed by atoms with E-state index in [-0.39, 0.29) is 40.4 Å². The molecule has 1 amide bonds. The van der Waals surface area contributed by atoms with Gasteiger partial charge in [-0.3, -0.25) is 19.5 Å². The first-order chi connectivity index (χ1) is 15.8. The van der Waals surface area contributed by atoms with E-state index < -0.39 is 10.8 Å². The zero-order valence-electron chi connectivity index (χ0n) is 19.2. The minimum Gasteiger partial charge on any atom is -0.493 e. The maximum Gasteiger partial charge on any atom is 0.345 e. The fourth-order valence-electron chi connectivity index (χ4n) is 4.98. The third kappa shape index (κ3) is 4.19. The van der Waals surface area contributed by atoms with Crippen LogP contribution in [0.25, 0.3) is 0 Å². The highest BCUT2D eigenvalue weighted by Gasteiger charge is 2.34.